The van der Waals surface area contributed by atoms with Crippen LogP contribution in [-0.2, 0) is 7.05 Å². The Balaban J connectivity index is 1.62. The molecule has 1 amide bonds. The van der Waals surface area contributed by atoms with E-state index in [1.807, 2.05) is 20.0 Å². The molecule has 2 bridgehead atoms. The van der Waals surface area contributed by atoms with Crippen molar-refractivity contribution in [2.24, 2.45) is 24.8 Å². The summed E-state index contributed by atoms with van der Waals surface area (Å²) in [6.07, 6.45) is 7.14. The Kier molecular flexibility index (Phi) is 3.89. The van der Waals surface area contributed by atoms with Crippen LogP contribution in [-0.4, -0.2) is 27.2 Å². The van der Waals surface area contributed by atoms with Gasteiger partial charge in [0, 0.05) is 19.3 Å². The van der Waals surface area contributed by atoms with Crippen molar-refractivity contribution >= 4 is 16.9 Å². The van der Waals surface area contributed by atoms with E-state index in [9.17, 15) is 4.79 Å². The van der Waals surface area contributed by atoms with Gasteiger partial charge in [-0.25, -0.2) is 4.98 Å². The van der Waals surface area contributed by atoms with Crippen LogP contribution in [0.1, 0.15) is 54.4 Å². The van der Waals surface area contributed by atoms with E-state index in [2.05, 4.69) is 36.4 Å². The maximum atomic E-state index is 13.0. The van der Waals surface area contributed by atoms with Crippen LogP contribution >= 0.6 is 0 Å². The number of pyridine rings is 1. The van der Waals surface area contributed by atoms with Crippen molar-refractivity contribution in [1.29, 1.82) is 0 Å². The number of aromatic nitrogens is 3. The van der Waals surface area contributed by atoms with Gasteiger partial charge in [0.1, 0.15) is 0 Å². The second-order valence-electron chi connectivity index (χ2n) is 7.91. The van der Waals surface area contributed by atoms with Crippen molar-refractivity contribution in [3.05, 3.63) is 35.2 Å². The zero-order valence-electron chi connectivity index (χ0n) is 15.4. The van der Waals surface area contributed by atoms with Gasteiger partial charge in [0.25, 0.3) is 5.91 Å². The maximum Gasteiger partial charge on any atom is 0.252 e. The highest BCUT2D eigenvalue weighted by atomic mass is 16.1. The first-order valence-electron chi connectivity index (χ1n) is 9.24. The van der Waals surface area contributed by atoms with Crippen LogP contribution in [0.4, 0.5) is 0 Å². The molecule has 0 saturated heterocycles. The molecule has 2 aliphatic rings. The lowest BCUT2D eigenvalue weighted by molar-refractivity contribution is 0.0946. The van der Waals surface area contributed by atoms with E-state index in [0.717, 1.165) is 34.9 Å². The number of nitrogens with zero attached hydrogens (tertiary/aromatic N) is 3. The Morgan fingerprint density at radius 3 is 2.80 bits per heavy atom. The fraction of sp³-hybridized carbons (Fsp3) is 0.550. The number of rotatable bonds is 4. The first-order valence-corrected chi connectivity index (χ1v) is 9.24. The third-order valence-electron chi connectivity index (χ3n) is 5.77. The summed E-state index contributed by atoms with van der Waals surface area (Å²) >= 11 is 0. The van der Waals surface area contributed by atoms with Crippen LogP contribution in [0.2, 0.25) is 0 Å². The van der Waals surface area contributed by atoms with Crippen LogP contribution in [0.3, 0.4) is 0 Å². The Labute approximate surface area is 148 Å². The van der Waals surface area contributed by atoms with Gasteiger partial charge < -0.3 is 5.32 Å². The highest BCUT2D eigenvalue weighted by Gasteiger charge is 2.35. The summed E-state index contributed by atoms with van der Waals surface area (Å²) in [5.74, 6) is 2.22. The molecule has 4 rings (SSSR count). The first-order chi connectivity index (χ1) is 11.9. The summed E-state index contributed by atoms with van der Waals surface area (Å²) in [5, 5.41) is 8.52. The second-order valence-corrected chi connectivity index (χ2v) is 7.91. The van der Waals surface area contributed by atoms with E-state index in [1.54, 1.807) is 4.68 Å². The van der Waals surface area contributed by atoms with Crippen molar-refractivity contribution < 1.29 is 4.79 Å². The minimum atomic E-state index is -0.00264. The zero-order valence-corrected chi connectivity index (χ0v) is 15.4. The normalized spacial score (nSPS) is 24.6. The van der Waals surface area contributed by atoms with Gasteiger partial charge in [0.2, 0.25) is 0 Å². The number of carbonyl (C=O) groups is 1. The van der Waals surface area contributed by atoms with Crippen molar-refractivity contribution in [2.45, 2.75) is 39.5 Å². The van der Waals surface area contributed by atoms with Crippen LogP contribution in [0.5, 0.6) is 0 Å². The van der Waals surface area contributed by atoms with Crippen molar-refractivity contribution in [1.82, 2.24) is 20.1 Å². The fourth-order valence-corrected chi connectivity index (χ4v) is 4.39. The fourth-order valence-electron chi connectivity index (χ4n) is 4.39. The average molecular weight is 338 g/mol. The van der Waals surface area contributed by atoms with Crippen molar-refractivity contribution in [3.63, 3.8) is 0 Å². The second kappa shape index (κ2) is 5.97. The zero-order chi connectivity index (χ0) is 17.7. The van der Waals surface area contributed by atoms with Gasteiger partial charge in [-0.05, 0) is 49.5 Å². The summed E-state index contributed by atoms with van der Waals surface area (Å²) in [7, 11) is 1.88. The Morgan fingerprint density at radius 2 is 2.16 bits per heavy atom. The molecule has 2 aliphatic carbocycles. The molecule has 1 saturated carbocycles. The minimum Gasteiger partial charge on any atom is -0.352 e. The molecule has 1 N–H and O–H groups in total. The highest BCUT2D eigenvalue weighted by molar-refractivity contribution is 6.06. The third kappa shape index (κ3) is 2.75. The van der Waals surface area contributed by atoms with Gasteiger partial charge in [-0.1, -0.05) is 26.0 Å². The van der Waals surface area contributed by atoms with E-state index in [-0.39, 0.29) is 11.8 Å². The first kappa shape index (κ1) is 16.3. The largest absolute Gasteiger partial charge is 0.352 e. The SMILES string of the molecule is Cc1nn(C)c2nc(C(C)C)cc(C(=O)NC[C@H]3C[C@H]4C=C[C@H]3C4)c12. The Morgan fingerprint density at radius 1 is 1.36 bits per heavy atom. The molecule has 0 aromatic carbocycles. The monoisotopic (exact) mass is 338 g/mol. The lowest BCUT2D eigenvalue weighted by atomic mass is 9.93. The molecular formula is C20H26N4O. The van der Waals surface area contributed by atoms with Gasteiger partial charge in [-0.2, -0.15) is 5.10 Å². The van der Waals surface area contributed by atoms with E-state index in [1.165, 1.54) is 12.8 Å². The number of aryl methyl sites for hydroxylation is 2. The van der Waals surface area contributed by atoms with Crippen LogP contribution in [0.15, 0.2) is 18.2 Å². The summed E-state index contributed by atoms with van der Waals surface area (Å²) in [6, 6.07) is 1.94. The number of hydrogen-bond donors (Lipinski definition) is 1. The summed E-state index contributed by atoms with van der Waals surface area (Å²) in [5.41, 5.74) is 3.28. The quantitative estimate of drug-likeness (QED) is 0.870. The van der Waals surface area contributed by atoms with Gasteiger partial charge in [0.15, 0.2) is 5.65 Å². The lowest BCUT2D eigenvalue weighted by Gasteiger charge is -2.19. The Hall–Kier alpha value is -2.17. The minimum absolute atomic E-state index is 0.00264. The lowest BCUT2D eigenvalue weighted by Crippen LogP contribution is -2.31. The van der Waals surface area contributed by atoms with Crippen LogP contribution in [0.25, 0.3) is 11.0 Å². The van der Waals surface area contributed by atoms with Crippen molar-refractivity contribution in [3.8, 4) is 0 Å². The van der Waals surface area contributed by atoms with E-state index >= 15 is 0 Å². The molecule has 25 heavy (non-hydrogen) atoms. The molecule has 1 fully saturated rings. The van der Waals surface area contributed by atoms with E-state index < -0.39 is 0 Å². The molecule has 0 unspecified atom stereocenters. The molecular weight excluding hydrogens is 312 g/mol. The van der Waals surface area contributed by atoms with E-state index in [0.29, 0.717) is 17.4 Å². The van der Waals surface area contributed by atoms with Gasteiger partial charge >= 0.3 is 0 Å². The molecule has 3 atom stereocenters. The molecule has 2 aromatic rings. The summed E-state index contributed by atoms with van der Waals surface area (Å²) in [6.45, 7) is 6.89. The molecule has 2 aromatic heterocycles. The molecule has 0 spiro atoms. The number of nitrogens with one attached hydrogen (secondary N) is 1. The predicted octanol–water partition coefficient (Wildman–Crippen LogP) is 3.34. The third-order valence-corrected chi connectivity index (χ3v) is 5.77. The predicted molar refractivity (Wildman–Crippen MR) is 98.5 cm³/mol. The molecule has 132 valence electrons. The van der Waals surface area contributed by atoms with Gasteiger partial charge in [0.05, 0.1) is 16.6 Å². The topological polar surface area (TPSA) is 59.8 Å². The van der Waals surface area contributed by atoms with Crippen molar-refractivity contribution in [2.75, 3.05) is 6.54 Å². The average Bonchev–Trinajstić information content (AvgIpc) is 3.27. The molecule has 0 aliphatic heterocycles. The number of allylic oxidation sites excluding steroid dienone is 2. The molecule has 5 heteroatoms. The highest BCUT2D eigenvalue weighted by Crippen LogP contribution is 2.43. The van der Waals surface area contributed by atoms with Crippen LogP contribution < -0.4 is 5.32 Å². The standard InChI is InChI=1S/C20H26N4O/c1-11(2)17-9-16(18-12(3)23-24(4)19(18)22-17)20(25)21-10-15-8-13-5-6-14(15)7-13/h5-6,9,11,13-15H,7-8,10H2,1-4H3,(H,21,25)/t13-,14-,15+/m0/s1. The number of hydrogen-bond acceptors (Lipinski definition) is 3. The maximum absolute atomic E-state index is 13.0. The smallest absolute Gasteiger partial charge is 0.252 e. The number of fused-ring (bicyclic) bond motifs is 3. The summed E-state index contributed by atoms with van der Waals surface area (Å²) in [4.78, 5) is 17.7. The Bertz CT molecular complexity index is 864. The van der Waals surface area contributed by atoms with Gasteiger partial charge in [-0.15, -0.1) is 0 Å². The number of amides is 1. The molecule has 2 heterocycles. The number of carbonyl (C=O) groups excluding carboxylic acids is 1. The van der Waals surface area contributed by atoms with E-state index in [4.69, 9.17) is 4.98 Å². The van der Waals surface area contributed by atoms with Crippen LogP contribution in [0, 0.1) is 24.7 Å². The summed E-state index contributed by atoms with van der Waals surface area (Å²) < 4.78 is 1.77. The molecule has 0 radical (unpaired) electrons. The molecule has 5 nitrogen and oxygen atoms in total. The van der Waals surface area contributed by atoms with Gasteiger partial charge in [-0.3, -0.25) is 9.48 Å².